The van der Waals surface area contributed by atoms with E-state index in [1.165, 1.54) is 32.1 Å². The zero-order valence-corrected chi connectivity index (χ0v) is 18.0. The molecule has 0 saturated heterocycles. The van der Waals surface area contributed by atoms with E-state index < -0.39 is 0 Å². The Morgan fingerprint density at radius 1 is 0.833 bits per heavy atom. The average molecular weight is 472 g/mol. The molecule has 0 nitrogen and oxygen atoms in total. The topological polar surface area (TPSA) is 0 Å². The van der Waals surface area contributed by atoms with Crippen molar-refractivity contribution in [3.05, 3.63) is 0 Å². The second-order valence-electron chi connectivity index (χ2n) is 3.13. The Hall–Kier alpha value is 2.24. The van der Waals surface area contributed by atoms with Gasteiger partial charge in [-0.1, -0.05) is 0 Å². The molecule has 0 aromatic carbocycles. The third-order valence-corrected chi connectivity index (χ3v) is 5.02. The van der Waals surface area contributed by atoms with E-state index in [1.54, 1.807) is 4.44 Å². The molecule has 0 N–H and O–H groups in total. The van der Waals surface area contributed by atoms with Crippen LogP contribution in [0.5, 0.6) is 0 Å². The van der Waals surface area contributed by atoms with E-state index in [-0.39, 0.29) is 2.14 Å². The number of halogens is 3. The van der Waals surface area contributed by atoms with E-state index in [9.17, 15) is 0 Å². The second kappa shape index (κ2) is 8.54. The van der Waals surface area contributed by atoms with Crippen molar-refractivity contribution in [3.8, 4) is 0 Å². The molecule has 0 aromatic heterocycles. The van der Waals surface area contributed by atoms with Crippen molar-refractivity contribution in [3.63, 3.8) is 0 Å². The minimum atomic E-state index is -0.00574. The van der Waals surface area contributed by atoms with Crippen LogP contribution < -0.4 is 0 Å². The summed E-state index contributed by atoms with van der Waals surface area (Å²) < 4.78 is 1.54. The summed E-state index contributed by atoms with van der Waals surface area (Å²) in [6, 6.07) is 0. The molecule has 0 aromatic rings. The van der Waals surface area contributed by atoms with Gasteiger partial charge in [-0.15, -0.1) is 0 Å². The third kappa shape index (κ3) is 12.2. The minimum absolute atomic E-state index is 0.00574. The summed E-state index contributed by atoms with van der Waals surface area (Å²) in [5.41, 5.74) is 0. The predicted molar refractivity (Wildman–Crippen MR) is 72.0 cm³/mol. The molecule has 0 unspecified atom stereocenters. The Morgan fingerprint density at radius 2 is 1.33 bits per heavy atom. The Labute approximate surface area is 114 Å². The standard InChI is InChI=1S/C8H14Br3.Sn.3H/c1-2-3-4-5-6-7-8(9,10)11;;;;/h1-7H2;;;;. The van der Waals surface area contributed by atoms with Crippen LogP contribution in [0.2, 0.25) is 4.44 Å². The molecule has 0 bridgehead atoms. The molecule has 12 heavy (non-hydrogen) atoms. The van der Waals surface area contributed by atoms with E-state index in [2.05, 4.69) is 47.8 Å². The zero-order valence-electron chi connectivity index (χ0n) is 7.58. The molecule has 0 heterocycles. The van der Waals surface area contributed by atoms with Gasteiger partial charge in [-0.2, -0.15) is 0 Å². The second-order valence-corrected chi connectivity index (χ2v) is 13.2. The van der Waals surface area contributed by atoms with Crippen molar-refractivity contribution in [2.24, 2.45) is 0 Å². The van der Waals surface area contributed by atoms with Crippen molar-refractivity contribution in [1.29, 1.82) is 0 Å². The molecule has 0 fully saturated rings. The maximum atomic E-state index is 3.50. The van der Waals surface area contributed by atoms with Gasteiger partial charge >= 0.3 is 115 Å². The normalized spacial score (nSPS) is 12.2. The SMILES string of the molecule is BrC(Br)(Br)CCCCCC[CH2][SnH3]. The maximum absolute atomic E-state index is 3.50. The van der Waals surface area contributed by atoms with E-state index in [1.807, 2.05) is 0 Å². The first-order valence-electron chi connectivity index (χ1n) is 4.63. The molecule has 0 saturated carbocycles. The summed E-state index contributed by atoms with van der Waals surface area (Å²) in [5.74, 6) is 0. The van der Waals surface area contributed by atoms with Crippen LogP contribution in [0.1, 0.15) is 38.5 Å². The van der Waals surface area contributed by atoms with Crippen LogP contribution in [0.3, 0.4) is 0 Å². The van der Waals surface area contributed by atoms with Gasteiger partial charge in [0.2, 0.25) is 0 Å². The van der Waals surface area contributed by atoms with E-state index >= 15 is 0 Å². The fraction of sp³-hybridized carbons (Fsp3) is 1.00. The molecular formula is C8H17Br3Sn. The molecule has 0 atom stereocenters. The van der Waals surface area contributed by atoms with Gasteiger partial charge in [0.1, 0.15) is 0 Å². The number of hydrogen-bond donors (Lipinski definition) is 0. The number of rotatable bonds is 6. The Kier molecular flexibility index (Phi) is 10.1. The van der Waals surface area contributed by atoms with Crippen LogP contribution in [0.25, 0.3) is 0 Å². The van der Waals surface area contributed by atoms with Crippen molar-refractivity contribution >= 4 is 70.3 Å². The van der Waals surface area contributed by atoms with Gasteiger partial charge in [0.15, 0.2) is 0 Å². The quantitative estimate of drug-likeness (QED) is 0.313. The molecule has 0 amide bonds. The summed E-state index contributed by atoms with van der Waals surface area (Å²) in [4.78, 5) is 0. The van der Waals surface area contributed by atoms with Gasteiger partial charge in [0.25, 0.3) is 0 Å². The van der Waals surface area contributed by atoms with E-state index in [0.717, 1.165) is 28.9 Å². The molecule has 0 aliphatic carbocycles. The fourth-order valence-electron chi connectivity index (χ4n) is 1.11. The Morgan fingerprint density at radius 3 is 1.83 bits per heavy atom. The van der Waals surface area contributed by atoms with Gasteiger partial charge in [0.05, 0.1) is 0 Å². The number of hydrogen-bond acceptors (Lipinski definition) is 0. The first kappa shape index (κ1) is 14.2. The van der Waals surface area contributed by atoms with Crippen molar-refractivity contribution in [1.82, 2.24) is 0 Å². The first-order chi connectivity index (χ1) is 5.56. The molecule has 0 rings (SSSR count). The van der Waals surface area contributed by atoms with Crippen LogP contribution in [0.4, 0.5) is 0 Å². The van der Waals surface area contributed by atoms with Crippen molar-refractivity contribution in [2.45, 2.75) is 45.1 Å². The van der Waals surface area contributed by atoms with Gasteiger partial charge in [-0.3, -0.25) is 0 Å². The van der Waals surface area contributed by atoms with Crippen LogP contribution in [0, 0.1) is 0 Å². The summed E-state index contributed by atoms with van der Waals surface area (Å²) in [7, 11) is 0. The molecule has 4 heteroatoms. The number of unbranched alkanes of at least 4 members (excludes halogenated alkanes) is 4. The molecule has 0 aliphatic heterocycles. The molecule has 0 radical (unpaired) electrons. The average Bonchev–Trinajstić information content (AvgIpc) is 1.94. The van der Waals surface area contributed by atoms with Gasteiger partial charge in [-0.25, -0.2) is 0 Å². The van der Waals surface area contributed by atoms with Crippen molar-refractivity contribution < 1.29 is 0 Å². The summed E-state index contributed by atoms with van der Waals surface area (Å²) >= 11 is 11.4. The van der Waals surface area contributed by atoms with Crippen LogP contribution >= 0.6 is 47.8 Å². The zero-order chi connectivity index (χ0) is 9.45. The number of alkyl halides is 3. The Balaban J connectivity index is 3.01. The molecule has 0 spiro atoms. The fourth-order valence-corrected chi connectivity index (χ4v) is 3.37. The summed E-state index contributed by atoms with van der Waals surface area (Å²) in [6.45, 7) is 0. The van der Waals surface area contributed by atoms with Gasteiger partial charge in [-0.05, 0) is 0 Å². The van der Waals surface area contributed by atoms with Crippen molar-refractivity contribution in [2.75, 3.05) is 0 Å². The summed E-state index contributed by atoms with van der Waals surface area (Å²) in [5, 5.41) is 0. The van der Waals surface area contributed by atoms with Gasteiger partial charge in [0, 0.05) is 0 Å². The molecule has 74 valence electrons. The van der Waals surface area contributed by atoms with Crippen LogP contribution in [-0.2, 0) is 0 Å². The predicted octanol–water partition coefficient (Wildman–Crippen LogP) is 3.95. The van der Waals surface area contributed by atoms with E-state index in [4.69, 9.17) is 0 Å². The van der Waals surface area contributed by atoms with Crippen LogP contribution in [-0.4, -0.2) is 24.7 Å². The Bertz CT molecular complexity index is 101. The third-order valence-electron chi connectivity index (χ3n) is 1.81. The summed E-state index contributed by atoms with van der Waals surface area (Å²) in [6.07, 6.45) is 8.18. The first-order valence-corrected chi connectivity index (χ1v) is 11.0. The molecule has 0 aliphatic rings. The van der Waals surface area contributed by atoms with Crippen LogP contribution in [0.15, 0.2) is 0 Å². The van der Waals surface area contributed by atoms with Gasteiger partial charge < -0.3 is 0 Å². The monoisotopic (exact) mass is 470 g/mol. The van der Waals surface area contributed by atoms with E-state index in [0.29, 0.717) is 0 Å². The molecular weight excluding hydrogens is 455 g/mol.